The molecule has 1 aliphatic rings. The lowest BCUT2D eigenvalue weighted by Gasteiger charge is -2.27. The van der Waals surface area contributed by atoms with Crippen LogP contribution >= 0.6 is 12.6 Å². The Bertz CT molecular complexity index is 829. The number of anilines is 1. The lowest BCUT2D eigenvalue weighted by Crippen LogP contribution is -2.36. The average Bonchev–Trinajstić information content (AvgIpc) is 2.62. The van der Waals surface area contributed by atoms with Crippen molar-refractivity contribution in [2.75, 3.05) is 31.2 Å². The summed E-state index contributed by atoms with van der Waals surface area (Å²) in [5.74, 6) is 0.920. The Hall–Kier alpha value is -2.11. The summed E-state index contributed by atoms with van der Waals surface area (Å²) >= 11 is 4.34. The normalized spacial score (nSPS) is 15.1. The molecule has 0 amide bonds. The molecule has 4 rings (SSSR count). The first-order valence-electron chi connectivity index (χ1n) is 7.68. The van der Waals surface area contributed by atoms with Crippen LogP contribution < -0.4 is 4.90 Å². The van der Waals surface area contributed by atoms with Crippen molar-refractivity contribution in [3.8, 4) is 11.1 Å². The van der Waals surface area contributed by atoms with E-state index in [0.29, 0.717) is 0 Å². The van der Waals surface area contributed by atoms with Gasteiger partial charge in [-0.2, -0.15) is 0 Å². The number of rotatable bonds is 2. The number of morpholine rings is 1. The monoisotopic (exact) mass is 323 g/mol. The highest BCUT2D eigenvalue weighted by Crippen LogP contribution is 2.25. The zero-order valence-corrected chi connectivity index (χ0v) is 13.5. The minimum atomic E-state index is 0.746. The van der Waals surface area contributed by atoms with Crippen molar-refractivity contribution >= 4 is 29.5 Å². The van der Waals surface area contributed by atoms with Gasteiger partial charge >= 0.3 is 0 Å². The van der Waals surface area contributed by atoms with Gasteiger partial charge in [0.1, 0.15) is 5.82 Å². The van der Waals surface area contributed by atoms with Gasteiger partial charge in [0.15, 0.2) is 0 Å². The van der Waals surface area contributed by atoms with Gasteiger partial charge in [-0.15, -0.1) is 12.6 Å². The Labute approximate surface area is 140 Å². The molecule has 2 aromatic carbocycles. The number of fused-ring (bicyclic) bond motifs is 1. The van der Waals surface area contributed by atoms with E-state index >= 15 is 0 Å². The third-order valence-electron chi connectivity index (χ3n) is 4.07. The van der Waals surface area contributed by atoms with Gasteiger partial charge < -0.3 is 9.64 Å². The van der Waals surface area contributed by atoms with Crippen LogP contribution in [-0.2, 0) is 4.74 Å². The molecule has 0 atom stereocenters. The molecule has 23 heavy (non-hydrogen) atoms. The molecule has 116 valence electrons. The first-order chi connectivity index (χ1) is 11.3. The third kappa shape index (κ3) is 3.02. The van der Waals surface area contributed by atoms with E-state index in [4.69, 9.17) is 9.72 Å². The van der Waals surface area contributed by atoms with Crippen molar-refractivity contribution in [2.24, 2.45) is 0 Å². The summed E-state index contributed by atoms with van der Waals surface area (Å²) in [4.78, 5) is 12.5. The van der Waals surface area contributed by atoms with Crippen LogP contribution in [0.3, 0.4) is 0 Å². The molecule has 1 saturated heterocycles. The second-order valence-corrected chi connectivity index (χ2v) is 6.09. The van der Waals surface area contributed by atoms with Gasteiger partial charge in [0.05, 0.1) is 30.4 Å². The molecule has 0 bridgehead atoms. The maximum Gasteiger partial charge on any atom is 0.148 e. The summed E-state index contributed by atoms with van der Waals surface area (Å²) in [7, 11) is 0. The van der Waals surface area contributed by atoms with Gasteiger partial charge in [0.2, 0.25) is 0 Å². The van der Waals surface area contributed by atoms with Crippen molar-refractivity contribution in [1.29, 1.82) is 0 Å². The van der Waals surface area contributed by atoms with Crippen molar-refractivity contribution in [3.63, 3.8) is 0 Å². The summed E-state index contributed by atoms with van der Waals surface area (Å²) in [6, 6.07) is 14.3. The van der Waals surface area contributed by atoms with Crippen LogP contribution in [0, 0.1) is 0 Å². The zero-order chi connectivity index (χ0) is 15.6. The van der Waals surface area contributed by atoms with E-state index in [-0.39, 0.29) is 0 Å². The smallest absolute Gasteiger partial charge is 0.148 e. The molecular formula is C18H17N3OS. The van der Waals surface area contributed by atoms with Crippen LogP contribution in [0.5, 0.6) is 0 Å². The summed E-state index contributed by atoms with van der Waals surface area (Å²) in [5, 5.41) is 0. The Morgan fingerprint density at radius 1 is 0.913 bits per heavy atom. The Morgan fingerprint density at radius 3 is 2.43 bits per heavy atom. The molecule has 0 spiro atoms. The van der Waals surface area contributed by atoms with Gasteiger partial charge in [-0.3, -0.25) is 4.98 Å². The van der Waals surface area contributed by atoms with E-state index in [2.05, 4.69) is 46.8 Å². The van der Waals surface area contributed by atoms with Crippen LogP contribution in [0.25, 0.3) is 22.2 Å². The lowest BCUT2D eigenvalue weighted by molar-refractivity contribution is 0.122. The van der Waals surface area contributed by atoms with Crippen molar-refractivity contribution in [1.82, 2.24) is 9.97 Å². The van der Waals surface area contributed by atoms with Crippen LogP contribution in [0.15, 0.2) is 53.6 Å². The van der Waals surface area contributed by atoms with E-state index in [0.717, 1.165) is 59.2 Å². The molecule has 0 N–H and O–H groups in total. The van der Waals surface area contributed by atoms with Gasteiger partial charge in [-0.05, 0) is 35.4 Å². The first-order valence-corrected chi connectivity index (χ1v) is 8.13. The van der Waals surface area contributed by atoms with E-state index in [1.807, 2.05) is 24.4 Å². The van der Waals surface area contributed by atoms with E-state index in [9.17, 15) is 0 Å². The van der Waals surface area contributed by atoms with Crippen LogP contribution in [0.4, 0.5) is 5.82 Å². The maximum absolute atomic E-state index is 5.40. The van der Waals surface area contributed by atoms with Gasteiger partial charge in [0.25, 0.3) is 0 Å². The lowest BCUT2D eigenvalue weighted by atomic mass is 10.1. The van der Waals surface area contributed by atoms with Gasteiger partial charge in [-0.25, -0.2) is 4.98 Å². The molecule has 1 fully saturated rings. The third-order valence-corrected chi connectivity index (χ3v) is 4.36. The Balaban J connectivity index is 1.72. The topological polar surface area (TPSA) is 38.2 Å². The molecule has 5 heteroatoms. The summed E-state index contributed by atoms with van der Waals surface area (Å²) in [6.07, 6.45) is 1.85. The number of aromatic nitrogens is 2. The molecule has 0 radical (unpaired) electrons. The van der Waals surface area contributed by atoms with Gasteiger partial charge in [0, 0.05) is 18.0 Å². The highest BCUT2D eigenvalue weighted by atomic mass is 32.1. The zero-order valence-electron chi connectivity index (χ0n) is 12.6. The molecule has 3 aromatic rings. The van der Waals surface area contributed by atoms with Crippen molar-refractivity contribution < 1.29 is 4.74 Å². The van der Waals surface area contributed by atoms with Crippen LogP contribution in [-0.4, -0.2) is 36.3 Å². The number of hydrogen-bond acceptors (Lipinski definition) is 5. The van der Waals surface area contributed by atoms with Gasteiger partial charge in [-0.1, -0.05) is 18.2 Å². The summed E-state index contributed by atoms with van der Waals surface area (Å²) < 4.78 is 5.40. The summed E-state index contributed by atoms with van der Waals surface area (Å²) in [5.41, 5.74) is 4.13. The maximum atomic E-state index is 5.40. The first kappa shape index (κ1) is 14.5. The molecule has 0 aliphatic carbocycles. The average molecular weight is 323 g/mol. The molecule has 4 nitrogen and oxygen atoms in total. The highest BCUT2D eigenvalue weighted by molar-refractivity contribution is 7.80. The predicted octanol–water partition coefficient (Wildman–Crippen LogP) is 3.42. The SMILES string of the molecule is Sc1ccc(-c2ccc3ncc(N4CCOCC4)nc3c2)cc1. The number of thiol groups is 1. The number of ether oxygens (including phenoxy) is 1. The Kier molecular flexibility index (Phi) is 3.89. The van der Waals surface area contributed by atoms with Crippen LogP contribution in [0.2, 0.25) is 0 Å². The fourth-order valence-corrected chi connectivity index (χ4v) is 2.93. The van der Waals surface area contributed by atoms with E-state index in [1.165, 1.54) is 0 Å². The van der Waals surface area contributed by atoms with E-state index in [1.54, 1.807) is 0 Å². The minimum absolute atomic E-state index is 0.746. The number of benzene rings is 2. The predicted molar refractivity (Wildman–Crippen MR) is 95.3 cm³/mol. The molecule has 0 unspecified atom stereocenters. The molecule has 0 saturated carbocycles. The second kappa shape index (κ2) is 6.18. The fourth-order valence-electron chi connectivity index (χ4n) is 2.78. The minimum Gasteiger partial charge on any atom is -0.378 e. The van der Waals surface area contributed by atoms with E-state index < -0.39 is 0 Å². The fraction of sp³-hybridized carbons (Fsp3) is 0.222. The largest absolute Gasteiger partial charge is 0.378 e. The molecule has 1 aromatic heterocycles. The highest BCUT2D eigenvalue weighted by Gasteiger charge is 2.13. The standard InChI is InChI=1S/C18H17N3OS/c23-15-4-1-13(2-5-15)14-3-6-16-17(11-14)20-18(12-19-16)21-7-9-22-10-8-21/h1-6,11-12,23H,7-10H2. The van der Waals surface area contributed by atoms with Crippen molar-refractivity contribution in [2.45, 2.75) is 4.90 Å². The van der Waals surface area contributed by atoms with Crippen molar-refractivity contribution in [3.05, 3.63) is 48.7 Å². The molecule has 2 heterocycles. The number of nitrogens with zero attached hydrogens (tertiary/aromatic N) is 3. The Morgan fingerprint density at radius 2 is 1.65 bits per heavy atom. The summed E-state index contributed by atoms with van der Waals surface area (Å²) in [6.45, 7) is 3.22. The quantitative estimate of drug-likeness (QED) is 0.733. The number of hydrogen-bond donors (Lipinski definition) is 1. The van der Waals surface area contributed by atoms with Crippen LogP contribution in [0.1, 0.15) is 0 Å². The molecule has 1 aliphatic heterocycles. The molecular weight excluding hydrogens is 306 g/mol. The second-order valence-electron chi connectivity index (χ2n) is 5.58.